The molecule has 7 heteroatoms. The van der Waals surface area contributed by atoms with Crippen LogP contribution in [0.15, 0.2) is 91.0 Å². The van der Waals surface area contributed by atoms with Gasteiger partial charge in [0.15, 0.2) is 0 Å². The van der Waals surface area contributed by atoms with Gasteiger partial charge in [0.2, 0.25) is 5.91 Å². The molecule has 3 aromatic rings. The normalized spacial score (nSPS) is 21.6. The van der Waals surface area contributed by atoms with E-state index in [2.05, 4.69) is 46.6 Å². The summed E-state index contributed by atoms with van der Waals surface area (Å²) in [7, 11) is 1.60. The van der Waals surface area contributed by atoms with Gasteiger partial charge >= 0.3 is 6.03 Å². The molecule has 2 aliphatic heterocycles. The van der Waals surface area contributed by atoms with E-state index in [4.69, 9.17) is 0 Å². The third-order valence-corrected chi connectivity index (χ3v) is 8.48. The molecule has 40 heavy (non-hydrogen) atoms. The lowest BCUT2D eigenvalue weighted by molar-refractivity contribution is -0.136. The Labute approximate surface area is 236 Å². The number of piperazine rings is 1. The van der Waals surface area contributed by atoms with Crippen LogP contribution in [0.3, 0.4) is 0 Å². The fourth-order valence-electron chi connectivity index (χ4n) is 6.40. The maximum Gasteiger partial charge on any atom is 0.317 e. The lowest BCUT2D eigenvalue weighted by Crippen LogP contribution is -2.62. The van der Waals surface area contributed by atoms with Gasteiger partial charge in [-0.3, -0.25) is 9.69 Å². The molecule has 3 aromatic carbocycles. The van der Waals surface area contributed by atoms with E-state index in [0.717, 1.165) is 23.0 Å². The van der Waals surface area contributed by atoms with E-state index in [1.165, 1.54) is 0 Å². The molecule has 0 aliphatic carbocycles. The average Bonchev–Trinajstić information content (AvgIpc) is 3.80. The molecule has 0 bridgehead atoms. The summed E-state index contributed by atoms with van der Waals surface area (Å²) in [5.74, 6) is -0.272. The van der Waals surface area contributed by atoms with Crippen molar-refractivity contribution < 1.29 is 14.4 Å². The number of urea groups is 1. The fraction of sp³-hybridized carbons (Fsp3) is 0.364. The molecule has 2 saturated heterocycles. The molecule has 2 fully saturated rings. The van der Waals surface area contributed by atoms with Crippen LogP contribution in [0.2, 0.25) is 0 Å². The number of benzene rings is 3. The highest BCUT2D eigenvalue weighted by molar-refractivity contribution is 5.86. The highest BCUT2D eigenvalue weighted by atomic mass is 16.2. The zero-order valence-corrected chi connectivity index (χ0v) is 23.4. The van der Waals surface area contributed by atoms with E-state index in [9.17, 15) is 14.4 Å². The molecule has 0 spiro atoms. The number of rotatable bonds is 8. The van der Waals surface area contributed by atoms with Gasteiger partial charge in [-0.25, -0.2) is 4.79 Å². The van der Waals surface area contributed by atoms with E-state index < -0.39 is 5.54 Å². The predicted molar refractivity (Wildman–Crippen MR) is 156 cm³/mol. The molecule has 2 aliphatic rings. The van der Waals surface area contributed by atoms with Crippen LogP contribution < -0.4 is 5.32 Å². The van der Waals surface area contributed by atoms with Crippen LogP contribution in [0.4, 0.5) is 4.79 Å². The Morgan fingerprint density at radius 1 is 0.825 bits per heavy atom. The molecule has 4 atom stereocenters. The molecule has 0 saturated carbocycles. The van der Waals surface area contributed by atoms with E-state index >= 15 is 0 Å². The standard InChI is InChI=1S/C33H38N4O3/c1-24(2)28(23-38)29-21-35(19-20-36(29)32(40)34-3)31(39)30-22-37(30)33(25-13-7-4-8-14-25,26-15-9-5-10-16-26)27-17-11-6-12-18-27/h4-18,23-24,28-30H,19-22H2,1-3H3,(H,34,40)/t28?,29?,30?,37-/m1/s1. The zero-order valence-electron chi connectivity index (χ0n) is 23.4. The van der Waals surface area contributed by atoms with Crippen molar-refractivity contribution in [1.82, 2.24) is 20.0 Å². The first-order valence-corrected chi connectivity index (χ1v) is 14.1. The van der Waals surface area contributed by atoms with Crippen molar-refractivity contribution in [2.24, 2.45) is 11.8 Å². The van der Waals surface area contributed by atoms with Gasteiger partial charge in [-0.1, -0.05) is 105 Å². The van der Waals surface area contributed by atoms with Crippen LogP contribution in [0.1, 0.15) is 30.5 Å². The van der Waals surface area contributed by atoms with E-state index in [1.807, 2.05) is 73.3 Å². The average molecular weight is 539 g/mol. The Kier molecular flexibility index (Phi) is 8.03. The largest absolute Gasteiger partial charge is 0.341 e. The number of carbonyl (C=O) groups excluding carboxylic acids is 3. The molecular weight excluding hydrogens is 500 g/mol. The minimum absolute atomic E-state index is 0.0436. The van der Waals surface area contributed by atoms with Crippen molar-refractivity contribution in [2.45, 2.75) is 31.5 Å². The molecule has 3 unspecified atom stereocenters. The predicted octanol–water partition coefficient (Wildman–Crippen LogP) is 3.99. The smallest absolute Gasteiger partial charge is 0.317 e. The van der Waals surface area contributed by atoms with Crippen molar-refractivity contribution in [2.75, 3.05) is 33.2 Å². The number of carbonyl (C=O) groups is 3. The van der Waals surface area contributed by atoms with Gasteiger partial charge in [0.05, 0.1) is 11.6 Å². The lowest BCUT2D eigenvalue weighted by atomic mass is 9.76. The first-order valence-electron chi connectivity index (χ1n) is 14.1. The van der Waals surface area contributed by atoms with Crippen molar-refractivity contribution in [1.29, 1.82) is 0 Å². The summed E-state index contributed by atoms with van der Waals surface area (Å²) >= 11 is 0. The second kappa shape index (κ2) is 11.6. The Morgan fingerprint density at radius 3 is 1.75 bits per heavy atom. The Morgan fingerprint density at radius 2 is 1.32 bits per heavy atom. The third kappa shape index (κ3) is 4.90. The van der Waals surface area contributed by atoms with Gasteiger partial charge in [-0.2, -0.15) is 0 Å². The minimum Gasteiger partial charge on any atom is -0.341 e. The number of hydrogen-bond donors (Lipinski definition) is 1. The molecule has 0 aromatic heterocycles. The molecule has 5 rings (SSSR count). The van der Waals surface area contributed by atoms with Crippen LogP contribution in [0.25, 0.3) is 0 Å². The summed E-state index contributed by atoms with van der Waals surface area (Å²) in [6.45, 7) is 5.75. The SMILES string of the molecule is CNC(=O)N1CCN(C(=O)C2C[N@@]2C(c2ccccc2)(c2ccccc2)c2ccccc2)CC1C(C=O)C(C)C. The maximum atomic E-state index is 14.2. The first kappa shape index (κ1) is 27.6. The molecule has 2 heterocycles. The number of hydrogen-bond acceptors (Lipinski definition) is 4. The summed E-state index contributed by atoms with van der Waals surface area (Å²) in [4.78, 5) is 44.8. The Hall–Kier alpha value is -3.97. The number of aldehydes is 1. The van der Waals surface area contributed by atoms with Crippen molar-refractivity contribution >= 4 is 18.2 Å². The highest BCUT2D eigenvalue weighted by Gasteiger charge is 2.57. The second-order valence-electron chi connectivity index (χ2n) is 11.0. The van der Waals surface area contributed by atoms with Gasteiger partial charge in [0.25, 0.3) is 0 Å². The monoisotopic (exact) mass is 538 g/mol. The molecule has 208 valence electrons. The maximum absolute atomic E-state index is 14.2. The quantitative estimate of drug-likeness (QED) is 0.268. The number of amides is 3. The molecular formula is C33H38N4O3. The van der Waals surface area contributed by atoms with Crippen LogP contribution in [0, 0.1) is 11.8 Å². The first-order chi connectivity index (χ1) is 19.4. The van der Waals surface area contributed by atoms with E-state index in [-0.39, 0.29) is 35.9 Å². The lowest BCUT2D eigenvalue weighted by Gasteiger charge is -2.44. The number of nitrogens with one attached hydrogen (secondary N) is 1. The Balaban J connectivity index is 1.50. The molecule has 1 N–H and O–H groups in total. The van der Waals surface area contributed by atoms with Gasteiger partial charge in [0, 0.05) is 39.1 Å². The summed E-state index contributed by atoms with van der Waals surface area (Å²) in [5, 5.41) is 2.70. The number of nitrogens with zero attached hydrogens (tertiary/aromatic N) is 3. The van der Waals surface area contributed by atoms with Gasteiger partial charge in [-0.05, 0) is 22.6 Å². The van der Waals surface area contributed by atoms with Crippen molar-refractivity contribution in [3.05, 3.63) is 108 Å². The minimum atomic E-state index is -0.642. The van der Waals surface area contributed by atoms with E-state index in [1.54, 1.807) is 11.9 Å². The van der Waals surface area contributed by atoms with Crippen molar-refractivity contribution in [3.8, 4) is 0 Å². The summed E-state index contributed by atoms with van der Waals surface area (Å²) in [5.41, 5.74) is 2.67. The highest BCUT2D eigenvalue weighted by Crippen LogP contribution is 2.48. The molecule has 0 radical (unpaired) electrons. The van der Waals surface area contributed by atoms with E-state index in [0.29, 0.717) is 26.2 Å². The molecule has 3 amide bonds. The second-order valence-corrected chi connectivity index (χ2v) is 11.0. The van der Waals surface area contributed by atoms with Gasteiger partial charge in [0.1, 0.15) is 12.3 Å². The summed E-state index contributed by atoms with van der Waals surface area (Å²) < 4.78 is 0. The summed E-state index contributed by atoms with van der Waals surface area (Å²) in [6.07, 6.45) is 0.938. The van der Waals surface area contributed by atoms with Gasteiger partial charge in [-0.15, -0.1) is 0 Å². The summed E-state index contributed by atoms with van der Waals surface area (Å²) in [6, 6.07) is 30.2. The van der Waals surface area contributed by atoms with Crippen molar-refractivity contribution in [3.63, 3.8) is 0 Å². The topological polar surface area (TPSA) is 72.7 Å². The van der Waals surface area contributed by atoms with Crippen LogP contribution in [0.5, 0.6) is 0 Å². The third-order valence-electron chi connectivity index (χ3n) is 8.48. The van der Waals surface area contributed by atoms with Gasteiger partial charge < -0.3 is 19.9 Å². The van der Waals surface area contributed by atoms with Crippen LogP contribution >= 0.6 is 0 Å². The fourth-order valence-corrected chi connectivity index (χ4v) is 6.40. The zero-order chi connectivity index (χ0) is 28.3. The van der Waals surface area contributed by atoms with Crippen LogP contribution in [-0.2, 0) is 15.1 Å². The Bertz CT molecular complexity index is 1220. The molecule has 7 nitrogen and oxygen atoms in total. The van der Waals surface area contributed by atoms with Crippen LogP contribution in [-0.4, -0.2) is 78.2 Å².